The number of aromatic hydroxyl groups is 1. The largest absolute Gasteiger partial charge is 0.504 e. The van der Waals surface area contributed by atoms with E-state index in [-0.39, 0.29) is 5.75 Å². The smallest absolute Gasteiger partial charge is 0.160 e. The molecule has 3 nitrogen and oxygen atoms in total. The van der Waals surface area contributed by atoms with Crippen molar-refractivity contribution in [3.8, 4) is 11.5 Å². The Kier molecular flexibility index (Phi) is 3.11. The van der Waals surface area contributed by atoms with Crippen LogP contribution in [0.2, 0.25) is 0 Å². The molecule has 1 aromatic carbocycles. The minimum atomic E-state index is 0.206. The molecule has 0 radical (unpaired) electrons. The number of ether oxygens (including phenoxy) is 1. The first-order valence-electron chi connectivity index (χ1n) is 5.41. The molecule has 0 bridgehead atoms. The highest BCUT2D eigenvalue weighted by molar-refractivity contribution is 5.42. The number of piperidine rings is 1. The fourth-order valence-electron chi connectivity index (χ4n) is 2.05. The Balaban J connectivity index is 2.20. The second kappa shape index (κ2) is 4.53. The van der Waals surface area contributed by atoms with Gasteiger partial charge in [0.2, 0.25) is 0 Å². The lowest BCUT2D eigenvalue weighted by Gasteiger charge is -2.24. The molecule has 0 aromatic heterocycles. The topological polar surface area (TPSA) is 41.5 Å². The van der Waals surface area contributed by atoms with Gasteiger partial charge in [0.15, 0.2) is 11.5 Å². The molecule has 15 heavy (non-hydrogen) atoms. The molecular weight excluding hydrogens is 190 g/mol. The molecule has 1 aliphatic rings. The van der Waals surface area contributed by atoms with Crippen molar-refractivity contribution in [2.24, 2.45) is 0 Å². The summed E-state index contributed by atoms with van der Waals surface area (Å²) in [6, 6.07) is 5.98. The lowest BCUT2D eigenvalue weighted by atomic mass is 9.97. The van der Waals surface area contributed by atoms with Crippen molar-refractivity contribution in [2.75, 3.05) is 13.7 Å². The average Bonchev–Trinajstić information content (AvgIpc) is 2.31. The Morgan fingerprint density at radius 2 is 2.27 bits per heavy atom. The SMILES string of the molecule is COc1cc(C2CCCCN2)ccc1O. The first-order chi connectivity index (χ1) is 7.31. The number of methoxy groups -OCH3 is 1. The highest BCUT2D eigenvalue weighted by Gasteiger charge is 2.15. The molecule has 1 fully saturated rings. The Morgan fingerprint density at radius 3 is 2.93 bits per heavy atom. The normalized spacial score (nSPS) is 21.3. The van der Waals surface area contributed by atoms with Gasteiger partial charge in [-0.05, 0) is 37.1 Å². The Labute approximate surface area is 90.1 Å². The summed E-state index contributed by atoms with van der Waals surface area (Å²) in [5, 5.41) is 13.0. The van der Waals surface area contributed by atoms with Crippen LogP contribution in [0.3, 0.4) is 0 Å². The number of rotatable bonds is 2. The van der Waals surface area contributed by atoms with Gasteiger partial charge < -0.3 is 15.2 Å². The number of phenols is 1. The quantitative estimate of drug-likeness (QED) is 0.781. The Hall–Kier alpha value is -1.22. The monoisotopic (exact) mass is 207 g/mol. The molecule has 0 spiro atoms. The van der Waals surface area contributed by atoms with Crippen LogP contribution in [0.5, 0.6) is 11.5 Å². The zero-order valence-corrected chi connectivity index (χ0v) is 8.99. The lowest BCUT2D eigenvalue weighted by molar-refractivity contribution is 0.369. The van der Waals surface area contributed by atoms with Crippen molar-refractivity contribution in [1.82, 2.24) is 5.32 Å². The molecule has 2 rings (SSSR count). The number of benzene rings is 1. The van der Waals surface area contributed by atoms with Gasteiger partial charge in [-0.3, -0.25) is 0 Å². The van der Waals surface area contributed by atoms with Crippen molar-refractivity contribution >= 4 is 0 Å². The van der Waals surface area contributed by atoms with E-state index in [1.165, 1.54) is 18.4 Å². The summed E-state index contributed by atoms with van der Waals surface area (Å²) in [4.78, 5) is 0. The molecule has 2 N–H and O–H groups in total. The van der Waals surface area contributed by atoms with Gasteiger partial charge in [0.05, 0.1) is 7.11 Å². The van der Waals surface area contributed by atoms with Crippen LogP contribution in [0.25, 0.3) is 0 Å². The number of hydrogen-bond acceptors (Lipinski definition) is 3. The van der Waals surface area contributed by atoms with Crippen molar-refractivity contribution in [3.05, 3.63) is 23.8 Å². The second-order valence-corrected chi connectivity index (χ2v) is 3.93. The summed E-state index contributed by atoms with van der Waals surface area (Å²) in [6.07, 6.45) is 3.68. The minimum Gasteiger partial charge on any atom is -0.504 e. The molecule has 0 aliphatic carbocycles. The fourth-order valence-corrected chi connectivity index (χ4v) is 2.05. The predicted molar refractivity (Wildman–Crippen MR) is 59.3 cm³/mol. The molecule has 3 heteroatoms. The highest BCUT2D eigenvalue weighted by atomic mass is 16.5. The third-order valence-electron chi connectivity index (χ3n) is 2.92. The van der Waals surface area contributed by atoms with Gasteiger partial charge in [0, 0.05) is 6.04 Å². The van der Waals surface area contributed by atoms with Gasteiger partial charge in [-0.2, -0.15) is 0 Å². The van der Waals surface area contributed by atoms with Crippen LogP contribution in [0.4, 0.5) is 0 Å². The number of hydrogen-bond donors (Lipinski definition) is 2. The molecule has 1 heterocycles. The summed E-state index contributed by atoms with van der Waals surface area (Å²) in [6.45, 7) is 1.08. The summed E-state index contributed by atoms with van der Waals surface area (Å²) in [7, 11) is 1.58. The third kappa shape index (κ3) is 2.23. The molecular formula is C12H17NO2. The van der Waals surface area contributed by atoms with E-state index in [1.807, 2.05) is 12.1 Å². The van der Waals surface area contributed by atoms with Gasteiger partial charge in [-0.25, -0.2) is 0 Å². The summed E-state index contributed by atoms with van der Waals surface area (Å²) < 4.78 is 5.10. The molecule has 1 saturated heterocycles. The van der Waals surface area contributed by atoms with Crippen LogP contribution >= 0.6 is 0 Å². The zero-order chi connectivity index (χ0) is 10.7. The Morgan fingerprint density at radius 1 is 1.40 bits per heavy atom. The van der Waals surface area contributed by atoms with Crippen molar-refractivity contribution in [1.29, 1.82) is 0 Å². The van der Waals surface area contributed by atoms with Crippen LogP contribution in [-0.4, -0.2) is 18.8 Å². The van der Waals surface area contributed by atoms with E-state index in [0.29, 0.717) is 11.8 Å². The van der Waals surface area contributed by atoms with E-state index < -0.39 is 0 Å². The van der Waals surface area contributed by atoms with Gasteiger partial charge in [0.25, 0.3) is 0 Å². The number of phenolic OH excluding ortho intramolecular Hbond substituents is 1. The molecule has 0 amide bonds. The standard InChI is InChI=1S/C12H17NO2/c1-15-12-8-9(5-6-11(12)14)10-4-2-3-7-13-10/h5-6,8,10,13-14H,2-4,7H2,1H3. The minimum absolute atomic E-state index is 0.206. The van der Waals surface area contributed by atoms with Crippen LogP contribution < -0.4 is 10.1 Å². The van der Waals surface area contributed by atoms with E-state index >= 15 is 0 Å². The van der Waals surface area contributed by atoms with E-state index in [2.05, 4.69) is 5.32 Å². The van der Waals surface area contributed by atoms with Crippen LogP contribution in [0, 0.1) is 0 Å². The Bertz CT molecular complexity index is 332. The van der Waals surface area contributed by atoms with Gasteiger partial charge >= 0.3 is 0 Å². The maximum Gasteiger partial charge on any atom is 0.160 e. The lowest BCUT2D eigenvalue weighted by Crippen LogP contribution is -2.26. The second-order valence-electron chi connectivity index (χ2n) is 3.93. The van der Waals surface area contributed by atoms with E-state index in [1.54, 1.807) is 13.2 Å². The van der Waals surface area contributed by atoms with Gasteiger partial charge in [0.1, 0.15) is 0 Å². The molecule has 1 unspecified atom stereocenters. The van der Waals surface area contributed by atoms with E-state index in [4.69, 9.17) is 4.74 Å². The van der Waals surface area contributed by atoms with E-state index in [9.17, 15) is 5.11 Å². The van der Waals surface area contributed by atoms with Gasteiger partial charge in [-0.1, -0.05) is 12.5 Å². The molecule has 1 atom stereocenters. The molecule has 82 valence electrons. The summed E-state index contributed by atoms with van der Waals surface area (Å²) in [5.74, 6) is 0.761. The zero-order valence-electron chi connectivity index (χ0n) is 8.99. The highest BCUT2D eigenvalue weighted by Crippen LogP contribution is 2.31. The summed E-state index contributed by atoms with van der Waals surface area (Å²) >= 11 is 0. The van der Waals surface area contributed by atoms with Crippen molar-refractivity contribution in [2.45, 2.75) is 25.3 Å². The van der Waals surface area contributed by atoms with Crippen LogP contribution in [0.15, 0.2) is 18.2 Å². The van der Waals surface area contributed by atoms with E-state index in [0.717, 1.165) is 13.0 Å². The number of nitrogens with one attached hydrogen (secondary N) is 1. The summed E-state index contributed by atoms with van der Waals surface area (Å²) in [5.41, 5.74) is 1.20. The predicted octanol–water partition coefficient (Wildman–Crippen LogP) is 2.22. The molecule has 1 aliphatic heterocycles. The molecule has 0 saturated carbocycles. The van der Waals surface area contributed by atoms with Crippen LogP contribution in [0.1, 0.15) is 30.9 Å². The van der Waals surface area contributed by atoms with Gasteiger partial charge in [-0.15, -0.1) is 0 Å². The maximum absolute atomic E-state index is 9.49. The average molecular weight is 207 g/mol. The first kappa shape index (κ1) is 10.3. The first-order valence-corrected chi connectivity index (χ1v) is 5.41. The third-order valence-corrected chi connectivity index (χ3v) is 2.92. The maximum atomic E-state index is 9.49. The molecule has 1 aromatic rings. The van der Waals surface area contributed by atoms with Crippen molar-refractivity contribution < 1.29 is 9.84 Å². The van der Waals surface area contributed by atoms with Crippen molar-refractivity contribution in [3.63, 3.8) is 0 Å². The fraction of sp³-hybridized carbons (Fsp3) is 0.500. The van der Waals surface area contributed by atoms with Crippen LogP contribution in [-0.2, 0) is 0 Å².